The van der Waals surface area contributed by atoms with Gasteiger partial charge >= 0.3 is 0 Å². The Morgan fingerprint density at radius 1 is 1.50 bits per heavy atom. The van der Waals surface area contributed by atoms with Crippen molar-refractivity contribution < 1.29 is 13.2 Å². The van der Waals surface area contributed by atoms with Crippen LogP contribution in [0, 0.1) is 0 Å². The molecular formula is C12H17N3O3S2. The second-order valence-corrected chi connectivity index (χ2v) is 7.89. The molecule has 1 unspecified atom stereocenters. The van der Waals surface area contributed by atoms with Crippen molar-refractivity contribution in [3.63, 3.8) is 0 Å². The van der Waals surface area contributed by atoms with E-state index in [9.17, 15) is 13.2 Å². The molecule has 1 fully saturated rings. The molecule has 0 bridgehead atoms. The Hall–Kier alpha value is -1.28. The number of hydrogen-bond acceptors (Lipinski definition) is 6. The van der Waals surface area contributed by atoms with Gasteiger partial charge in [-0.2, -0.15) is 11.8 Å². The van der Waals surface area contributed by atoms with Crippen LogP contribution in [0.4, 0.5) is 5.69 Å². The van der Waals surface area contributed by atoms with Crippen LogP contribution in [-0.4, -0.2) is 60.9 Å². The normalized spacial score (nSPS) is 19.7. The number of sulfone groups is 1. The number of nitrogens with one attached hydrogen (secondary N) is 1. The number of carbonyl (C=O) groups excluding carboxylic acids is 1. The van der Waals surface area contributed by atoms with Crippen LogP contribution in [0.5, 0.6) is 0 Å². The molecule has 1 saturated heterocycles. The molecule has 1 amide bonds. The predicted octanol–water partition coefficient (Wildman–Crippen LogP) is 0.683. The molecule has 1 aromatic rings. The number of carbonyl (C=O) groups is 1. The molecule has 0 spiro atoms. The first-order chi connectivity index (χ1) is 9.43. The number of nitrogens with zero attached hydrogens (tertiary/aromatic N) is 2. The van der Waals surface area contributed by atoms with Crippen molar-refractivity contribution in [3.05, 3.63) is 24.0 Å². The van der Waals surface area contributed by atoms with Crippen molar-refractivity contribution in [2.45, 2.75) is 5.37 Å². The molecule has 1 aliphatic heterocycles. The lowest BCUT2D eigenvalue weighted by Crippen LogP contribution is -2.50. The van der Waals surface area contributed by atoms with E-state index in [0.717, 1.165) is 11.4 Å². The molecule has 8 heteroatoms. The summed E-state index contributed by atoms with van der Waals surface area (Å²) in [5.41, 5.74) is 1.07. The quantitative estimate of drug-likeness (QED) is 0.884. The summed E-state index contributed by atoms with van der Waals surface area (Å²) in [6, 6.07) is 3.35. The molecule has 0 aromatic carbocycles. The Morgan fingerprint density at radius 3 is 2.80 bits per heavy atom. The van der Waals surface area contributed by atoms with Gasteiger partial charge in [-0.1, -0.05) is 0 Å². The van der Waals surface area contributed by atoms with Crippen molar-refractivity contribution in [1.82, 2.24) is 9.88 Å². The van der Waals surface area contributed by atoms with Crippen molar-refractivity contribution >= 4 is 33.2 Å². The van der Waals surface area contributed by atoms with Gasteiger partial charge in [0.15, 0.2) is 9.84 Å². The van der Waals surface area contributed by atoms with Gasteiger partial charge in [0.25, 0.3) is 5.91 Å². The summed E-state index contributed by atoms with van der Waals surface area (Å²) in [5, 5.41) is 2.15. The Morgan fingerprint density at radius 2 is 2.25 bits per heavy atom. The lowest BCUT2D eigenvalue weighted by molar-refractivity contribution is 0.0744. The maximum absolute atomic E-state index is 12.4. The van der Waals surface area contributed by atoms with Crippen LogP contribution in [0.1, 0.15) is 10.5 Å². The van der Waals surface area contributed by atoms with E-state index in [0.29, 0.717) is 12.3 Å². The second-order valence-electron chi connectivity index (χ2n) is 4.54. The van der Waals surface area contributed by atoms with Gasteiger partial charge in [0, 0.05) is 31.4 Å². The van der Waals surface area contributed by atoms with Gasteiger partial charge in [-0.3, -0.25) is 4.79 Å². The summed E-state index contributed by atoms with van der Waals surface area (Å²) >= 11 is 1.55. The average Bonchev–Trinajstić information content (AvgIpc) is 2.46. The molecule has 1 aromatic heterocycles. The van der Waals surface area contributed by atoms with Crippen LogP contribution in [0.2, 0.25) is 0 Å². The second kappa shape index (κ2) is 6.01. The van der Waals surface area contributed by atoms with Crippen LogP contribution < -0.4 is 5.32 Å². The standard InChI is InChI=1S/C12H17N3O3S2/c1-13-9-3-4-10(14-7-9)12(16)15-5-6-19-8-11(15)20(2,17)18/h3-4,7,11,13H,5-6,8H2,1-2H3. The molecule has 0 radical (unpaired) electrons. The predicted molar refractivity (Wildman–Crippen MR) is 80.8 cm³/mol. The summed E-state index contributed by atoms with van der Waals surface area (Å²) in [5.74, 6) is 0.828. The molecule has 2 heterocycles. The molecule has 20 heavy (non-hydrogen) atoms. The number of anilines is 1. The van der Waals surface area contributed by atoms with Gasteiger partial charge in [0.2, 0.25) is 0 Å². The van der Waals surface area contributed by atoms with Crippen LogP contribution in [-0.2, 0) is 9.84 Å². The minimum absolute atomic E-state index is 0.268. The number of rotatable bonds is 3. The molecule has 0 saturated carbocycles. The lowest BCUT2D eigenvalue weighted by Gasteiger charge is -2.33. The smallest absolute Gasteiger partial charge is 0.273 e. The Kier molecular flexibility index (Phi) is 4.54. The molecule has 1 atom stereocenters. The van der Waals surface area contributed by atoms with Crippen LogP contribution in [0.15, 0.2) is 18.3 Å². The van der Waals surface area contributed by atoms with Crippen LogP contribution in [0.25, 0.3) is 0 Å². The summed E-state index contributed by atoms with van der Waals surface area (Å²) < 4.78 is 23.6. The Labute approximate surface area is 122 Å². The molecular weight excluding hydrogens is 298 g/mol. The summed E-state index contributed by atoms with van der Waals surface area (Å²) in [6.45, 7) is 0.427. The van der Waals surface area contributed by atoms with Crippen molar-refractivity contribution in [2.75, 3.05) is 36.7 Å². The average molecular weight is 315 g/mol. The van der Waals surface area contributed by atoms with Crippen LogP contribution in [0.3, 0.4) is 0 Å². The van der Waals surface area contributed by atoms with E-state index in [1.165, 1.54) is 11.2 Å². The number of hydrogen-bond donors (Lipinski definition) is 1. The lowest BCUT2D eigenvalue weighted by atomic mass is 10.3. The van der Waals surface area contributed by atoms with E-state index in [-0.39, 0.29) is 11.6 Å². The van der Waals surface area contributed by atoms with Crippen molar-refractivity contribution in [3.8, 4) is 0 Å². The van der Waals surface area contributed by atoms with Gasteiger partial charge in [-0.15, -0.1) is 0 Å². The number of thioether (sulfide) groups is 1. The summed E-state index contributed by atoms with van der Waals surface area (Å²) in [6.07, 6.45) is 2.72. The van der Waals surface area contributed by atoms with Crippen LogP contribution >= 0.6 is 11.8 Å². The molecule has 0 aliphatic carbocycles. The third-order valence-corrected chi connectivity index (χ3v) is 5.75. The minimum atomic E-state index is -3.30. The fraction of sp³-hybridized carbons (Fsp3) is 0.500. The first-order valence-corrected chi connectivity index (χ1v) is 9.26. The third kappa shape index (κ3) is 3.24. The third-order valence-electron chi connectivity index (χ3n) is 3.11. The minimum Gasteiger partial charge on any atom is -0.387 e. The highest BCUT2D eigenvalue weighted by Gasteiger charge is 2.34. The van der Waals surface area contributed by atoms with E-state index < -0.39 is 15.2 Å². The van der Waals surface area contributed by atoms with Gasteiger partial charge in [0.1, 0.15) is 11.1 Å². The maximum atomic E-state index is 12.4. The van der Waals surface area contributed by atoms with Gasteiger partial charge in [0.05, 0.1) is 11.9 Å². The zero-order chi connectivity index (χ0) is 14.8. The summed E-state index contributed by atoms with van der Waals surface area (Å²) in [7, 11) is -1.53. The summed E-state index contributed by atoms with van der Waals surface area (Å²) in [4.78, 5) is 17.9. The fourth-order valence-electron chi connectivity index (χ4n) is 1.98. The molecule has 6 nitrogen and oxygen atoms in total. The van der Waals surface area contributed by atoms with E-state index in [1.54, 1.807) is 37.1 Å². The van der Waals surface area contributed by atoms with Gasteiger partial charge < -0.3 is 10.2 Å². The highest BCUT2D eigenvalue weighted by atomic mass is 32.2. The Bertz CT molecular complexity index is 586. The first kappa shape index (κ1) is 15.1. The molecule has 110 valence electrons. The SMILES string of the molecule is CNc1ccc(C(=O)N2CCSCC2S(C)(=O)=O)nc1. The zero-order valence-electron chi connectivity index (χ0n) is 11.4. The van der Waals surface area contributed by atoms with Crippen molar-refractivity contribution in [2.24, 2.45) is 0 Å². The van der Waals surface area contributed by atoms with Crippen molar-refractivity contribution in [1.29, 1.82) is 0 Å². The van der Waals surface area contributed by atoms with E-state index in [2.05, 4.69) is 10.3 Å². The maximum Gasteiger partial charge on any atom is 0.273 e. The highest BCUT2D eigenvalue weighted by molar-refractivity contribution is 8.00. The molecule has 2 rings (SSSR count). The van der Waals surface area contributed by atoms with Gasteiger partial charge in [-0.25, -0.2) is 13.4 Å². The zero-order valence-corrected chi connectivity index (χ0v) is 13.0. The largest absolute Gasteiger partial charge is 0.387 e. The Balaban J connectivity index is 2.25. The monoisotopic (exact) mass is 315 g/mol. The number of pyridine rings is 1. The first-order valence-electron chi connectivity index (χ1n) is 6.15. The molecule has 1 aliphatic rings. The van der Waals surface area contributed by atoms with Gasteiger partial charge in [-0.05, 0) is 12.1 Å². The highest BCUT2D eigenvalue weighted by Crippen LogP contribution is 2.22. The van der Waals surface area contributed by atoms with E-state index in [1.807, 2.05) is 0 Å². The number of aromatic nitrogens is 1. The topological polar surface area (TPSA) is 79.4 Å². The van der Waals surface area contributed by atoms with E-state index >= 15 is 0 Å². The van der Waals surface area contributed by atoms with E-state index in [4.69, 9.17) is 0 Å². The number of amides is 1. The fourth-order valence-corrected chi connectivity index (χ4v) is 4.80. The molecule has 1 N–H and O–H groups in total.